The Balaban J connectivity index is 0.000000374. The highest BCUT2D eigenvalue weighted by Gasteiger charge is 2.57. The van der Waals surface area contributed by atoms with Crippen molar-refractivity contribution in [3.8, 4) is 0 Å². The van der Waals surface area contributed by atoms with Crippen molar-refractivity contribution in [1.29, 1.82) is 0 Å². The lowest BCUT2D eigenvalue weighted by Gasteiger charge is -2.50. The van der Waals surface area contributed by atoms with Gasteiger partial charge in [-0.1, -0.05) is 48.5 Å². The first-order chi connectivity index (χ1) is 47.9. The highest BCUT2D eigenvalue weighted by Crippen LogP contribution is 2.45. The highest BCUT2D eigenvalue weighted by molar-refractivity contribution is 5.83. The number of cyclic esters (lactones) is 2. The van der Waals surface area contributed by atoms with Gasteiger partial charge in [0, 0.05) is 82.5 Å². The van der Waals surface area contributed by atoms with Crippen molar-refractivity contribution >= 4 is 17.7 Å². The van der Waals surface area contributed by atoms with E-state index in [9.17, 15) is 60.3 Å². The van der Waals surface area contributed by atoms with Gasteiger partial charge in [0.05, 0.1) is 89.2 Å². The molecule has 104 heavy (non-hydrogen) atoms. The van der Waals surface area contributed by atoms with Crippen molar-refractivity contribution in [2.24, 2.45) is 41.4 Å². The molecule has 0 spiro atoms. The molecule has 6 rings (SSSR count). The molecule has 0 aromatic rings. The molecule has 36 atom stereocenters. The van der Waals surface area contributed by atoms with Crippen LogP contribution in [0.2, 0.25) is 0 Å². The third-order valence-corrected chi connectivity index (χ3v) is 24.5. The summed E-state index contributed by atoms with van der Waals surface area (Å²) in [6, 6.07) is -1.09. The molecule has 610 valence electrons. The number of esters is 2. The molecule has 1 unspecified atom stereocenters. The molecule has 0 radical (unpaired) electrons. The number of Topliss-reactive ketones (excluding diaryl/α,β-unsaturated/α-hetero) is 1. The van der Waals surface area contributed by atoms with Gasteiger partial charge in [-0.05, 0) is 170 Å². The van der Waals surface area contributed by atoms with Crippen LogP contribution in [-0.4, -0.2) is 316 Å². The van der Waals surface area contributed by atoms with Gasteiger partial charge in [0.2, 0.25) is 0 Å². The van der Waals surface area contributed by atoms with Crippen LogP contribution in [0.3, 0.4) is 0 Å². The van der Waals surface area contributed by atoms with E-state index in [-0.39, 0.29) is 74.5 Å². The molecule has 28 nitrogen and oxygen atoms in total. The predicted molar refractivity (Wildman–Crippen MR) is 385 cm³/mol. The Hall–Kier alpha value is -2.31. The second kappa shape index (κ2) is 37.3. The number of aliphatic hydroxyl groups excluding tert-OH is 6. The number of carbonyl (C=O) groups is 3. The van der Waals surface area contributed by atoms with E-state index in [4.69, 9.17) is 61.6 Å². The van der Waals surface area contributed by atoms with Crippen molar-refractivity contribution in [2.45, 2.75) is 364 Å². The van der Waals surface area contributed by atoms with Crippen molar-refractivity contribution in [2.75, 3.05) is 63.1 Å². The van der Waals surface area contributed by atoms with E-state index >= 15 is 0 Å². The minimum absolute atomic E-state index is 0.111. The summed E-state index contributed by atoms with van der Waals surface area (Å²) in [5.74, 6) is -7.05. The van der Waals surface area contributed by atoms with Crippen molar-refractivity contribution in [3.05, 3.63) is 0 Å². The van der Waals surface area contributed by atoms with Gasteiger partial charge < -0.3 is 122 Å². The van der Waals surface area contributed by atoms with E-state index in [1.54, 1.807) is 90.0 Å². The van der Waals surface area contributed by atoms with Gasteiger partial charge >= 0.3 is 11.9 Å². The molecule has 9 N–H and O–H groups in total. The fourth-order valence-corrected chi connectivity index (χ4v) is 17.3. The third-order valence-electron chi connectivity index (χ3n) is 24.5. The van der Waals surface area contributed by atoms with E-state index in [0.29, 0.717) is 19.4 Å². The lowest BCUT2D eigenvalue weighted by molar-refractivity contribution is -0.319. The molecular weight excluding hydrogens is 1350 g/mol. The Morgan fingerprint density at radius 1 is 0.490 bits per heavy atom. The largest absolute Gasteiger partial charge is 0.459 e. The Bertz CT molecular complexity index is 2680. The van der Waals surface area contributed by atoms with E-state index in [1.165, 1.54) is 35.2 Å². The molecule has 0 amide bonds. The molecule has 28 heteroatoms. The normalized spacial score (nSPS) is 49.3. The summed E-state index contributed by atoms with van der Waals surface area (Å²) in [4.78, 5) is 48.1. The first kappa shape index (κ1) is 92.3. The molecule has 0 bridgehead atoms. The summed E-state index contributed by atoms with van der Waals surface area (Å²) in [7, 11) is 13.9. The number of rotatable bonds is 15. The number of hydrogen-bond donors (Lipinski definition) is 9. The van der Waals surface area contributed by atoms with E-state index in [1.807, 2.05) is 84.6 Å². The minimum Gasteiger partial charge on any atom is -0.459 e. The lowest BCUT2D eigenvalue weighted by atomic mass is 9.74. The standard InChI is InChI=1S/C38H72N2O12.C38H69NO13/c1-15-27-38(10,46)31(42)24(6)40(13)19-20(2)17-36(8,45)33(52-35-29(41)26(39(11)12)16-21(3)48-35)22(4)30(23(5)34(44)50-27)51-28-18-37(9,47-14)32(43)25(7)49-28;1-15-26-38(10,45)31(42)21(4)28(40)19(2)17-37(9,47-14)33(52-35-29(41)25(39(11)12)16-20(3)48-35)22(5)30(23(6)34(44)50-26)51-27-18-36(8,46-13)32(43)24(7)49-27/h20-33,35,41-43,45-46H,15-19H2,1-14H3;19-27,29-33,35,41-43,45H,15-18H2,1-14H3/t20-,21-,22+,23-,24-,25+,26+,27-,28+,29-,30+,31-,32+,33-,35+,36-,37-,38-;19-,20-,21+,22?,23-,24+,25+,26-,27+,29-,30+,31-,32+,33-,35+,36-,37-,38-/m11/s1. The summed E-state index contributed by atoms with van der Waals surface area (Å²) in [5.41, 5.74) is -8.62. The zero-order valence-electron chi connectivity index (χ0n) is 68.1. The number of aliphatic hydroxyl groups is 9. The van der Waals surface area contributed by atoms with Crippen LogP contribution in [0.5, 0.6) is 0 Å². The monoisotopic (exact) mass is 1500 g/mol. The van der Waals surface area contributed by atoms with Gasteiger partial charge in [0.1, 0.15) is 59.7 Å². The SMILES string of the molecule is CC[C@H]1OC(=O)[C@H](C)[C@@H](O[C@H]2C[C@@](C)(OC)[C@@H](O)[C@H](C)O2)C(C)[C@@H](O[C@@H]2O[C@H](C)C[C@H](N(C)C)[C@H]2O)[C@](C)(OC)C[C@@H](C)C(=O)[C@H](C)[C@@H](O)[C@]1(C)O.CC[C@H]1OC(=O)[C@H](C)[C@@H](O[C@H]2C[C@@](C)(OC)[C@@H](O)[C@H](C)O2)[C@H](C)[C@@H](O[C@@H]2O[C@H](C)C[C@H](N(C)C)[C@H]2O)[C@](C)(O)C[C@@H](C)CN(C)[C@H](C)[C@@H](O)[C@]1(C)O. The highest BCUT2D eigenvalue weighted by atomic mass is 16.7. The number of carbonyl (C=O) groups excluding carboxylic acids is 3. The number of likely N-dealkylation sites (N-methyl/N-ethyl adjacent to an activating group) is 3. The molecule has 6 heterocycles. The molecule has 0 saturated carbocycles. The van der Waals surface area contributed by atoms with E-state index in [2.05, 4.69) is 0 Å². The van der Waals surface area contributed by atoms with Crippen LogP contribution in [0.1, 0.15) is 190 Å². The molecule has 6 aliphatic rings. The second-order valence-electron chi connectivity index (χ2n) is 33.8. The predicted octanol–water partition coefficient (Wildman–Crippen LogP) is 4.34. The Morgan fingerprint density at radius 2 is 0.865 bits per heavy atom. The third kappa shape index (κ3) is 21.1. The average Bonchev–Trinajstić information content (AvgIpc) is 0.831. The lowest BCUT2D eigenvalue weighted by Crippen LogP contribution is -2.61. The summed E-state index contributed by atoms with van der Waals surface area (Å²) in [6.45, 7) is 35.1. The van der Waals surface area contributed by atoms with Crippen LogP contribution in [0.25, 0.3) is 0 Å². The fourth-order valence-electron chi connectivity index (χ4n) is 17.3. The molecular formula is C76H141N3O25. The van der Waals surface area contributed by atoms with Gasteiger partial charge in [-0.3, -0.25) is 14.4 Å². The van der Waals surface area contributed by atoms with Crippen LogP contribution in [0.15, 0.2) is 0 Å². The Kier molecular flexibility index (Phi) is 33.1. The van der Waals surface area contributed by atoms with Gasteiger partial charge in [0.25, 0.3) is 0 Å². The van der Waals surface area contributed by atoms with Crippen LogP contribution in [-0.2, 0) is 76.0 Å². The molecule has 0 aliphatic carbocycles. The summed E-state index contributed by atoms with van der Waals surface area (Å²) < 4.78 is 81.4. The van der Waals surface area contributed by atoms with Crippen molar-refractivity contribution in [3.63, 3.8) is 0 Å². The van der Waals surface area contributed by atoms with Gasteiger partial charge in [-0.15, -0.1) is 0 Å². The quantitative estimate of drug-likeness (QED) is 0.103. The first-order valence-electron chi connectivity index (χ1n) is 38.0. The number of ether oxygens (including phenoxy) is 13. The Morgan fingerprint density at radius 3 is 1.24 bits per heavy atom. The minimum atomic E-state index is -1.96. The van der Waals surface area contributed by atoms with Gasteiger partial charge in [0.15, 0.2) is 25.2 Å². The Labute approximate surface area is 620 Å². The second-order valence-corrected chi connectivity index (χ2v) is 33.8. The maximum absolute atomic E-state index is 14.2. The molecule has 0 aromatic carbocycles. The molecule has 6 saturated heterocycles. The topological polar surface area (TPSA) is 363 Å². The van der Waals surface area contributed by atoms with Crippen molar-refractivity contribution < 1.29 is 122 Å². The average molecular weight is 1500 g/mol. The number of methoxy groups -OCH3 is 3. The summed E-state index contributed by atoms with van der Waals surface area (Å²) in [5, 5.41) is 104. The number of nitrogens with zero attached hydrogens (tertiary/aromatic N) is 3. The van der Waals surface area contributed by atoms with Crippen LogP contribution in [0.4, 0.5) is 0 Å². The zero-order valence-corrected chi connectivity index (χ0v) is 68.1. The zero-order chi connectivity index (χ0) is 79.3. The first-order valence-corrected chi connectivity index (χ1v) is 38.0. The maximum atomic E-state index is 14.2. The molecule has 6 fully saturated rings. The summed E-state index contributed by atoms with van der Waals surface area (Å²) in [6.07, 6.45) is -16.9. The van der Waals surface area contributed by atoms with Crippen LogP contribution >= 0.6 is 0 Å². The fraction of sp³-hybridized carbons (Fsp3) is 0.961. The van der Waals surface area contributed by atoms with E-state index < -0.39 is 198 Å². The smallest absolute Gasteiger partial charge is 0.311 e. The van der Waals surface area contributed by atoms with Crippen LogP contribution < -0.4 is 0 Å². The van der Waals surface area contributed by atoms with Crippen LogP contribution in [0, 0.1) is 41.4 Å². The molecule has 6 aliphatic heterocycles. The summed E-state index contributed by atoms with van der Waals surface area (Å²) >= 11 is 0. The van der Waals surface area contributed by atoms with Crippen molar-refractivity contribution in [1.82, 2.24) is 14.7 Å². The number of ketones is 1. The number of hydrogen-bond acceptors (Lipinski definition) is 28. The molecule has 0 aromatic heterocycles. The maximum Gasteiger partial charge on any atom is 0.311 e. The van der Waals surface area contributed by atoms with Gasteiger partial charge in [-0.2, -0.15) is 0 Å². The van der Waals surface area contributed by atoms with Gasteiger partial charge in [-0.25, -0.2) is 0 Å². The van der Waals surface area contributed by atoms with E-state index in [0.717, 1.165) is 0 Å².